The highest BCUT2D eigenvalue weighted by Gasteiger charge is 2.19. The maximum Gasteiger partial charge on any atom is 0.338 e. The maximum absolute atomic E-state index is 12.3. The van der Waals surface area contributed by atoms with Crippen molar-refractivity contribution < 1.29 is 19.1 Å². The summed E-state index contributed by atoms with van der Waals surface area (Å²) in [6.07, 6.45) is -0.931. The van der Waals surface area contributed by atoms with Gasteiger partial charge in [0.25, 0.3) is 5.91 Å². The summed E-state index contributed by atoms with van der Waals surface area (Å²) in [5, 5.41) is 3.19. The van der Waals surface area contributed by atoms with Crippen LogP contribution in [-0.4, -0.2) is 49.2 Å². The summed E-state index contributed by atoms with van der Waals surface area (Å²) in [5.74, 6) is -0.953. The van der Waals surface area contributed by atoms with Crippen molar-refractivity contribution in [2.24, 2.45) is 0 Å². The number of nitrogens with zero attached hydrogens (tertiary/aromatic N) is 1. The number of amides is 1. The van der Waals surface area contributed by atoms with Crippen LogP contribution in [0.25, 0.3) is 0 Å². The topological polar surface area (TPSA) is 67.9 Å². The van der Waals surface area contributed by atoms with E-state index in [1.165, 1.54) is 6.92 Å². The average Bonchev–Trinajstić information content (AvgIpc) is 2.69. The van der Waals surface area contributed by atoms with Crippen molar-refractivity contribution >= 4 is 29.2 Å². The van der Waals surface area contributed by atoms with E-state index in [1.54, 1.807) is 36.4 Å². The minimum Gasteiger partial charge on any atom is -0.449 e. The second-order valence-corrected chi connectivity index (χ2v) is 7.07. The van der Waals surface area contributed by atoms with E-state index in [-0.39, 0.29) is 0 Å². The molecule has 1 atom stereocenters. The quantitative estimate of drug-likeness (QED) is 0.750. The number of nitrogens with one attached hydrogen (secondary N) is 1. The highest BCUT2D eigenvalue weighted by atomic mass is 35.5. The number of morpholine rings is 1. The number of esters is 1. The van der Waals surface area contributed by atoms with E-state index in [0.717, 1.165) is 38.4 Å². The van der Waals surface area contributed by atoms with Crippen LogP contribution in [-0.2, 0) is 20.8 Å². The Morgan fingerprint density at radius 1 is 1.18 bits per heavy atom. The van der Waals surface area contributed by atoms with Gasteiger partial charge in [-0.2, -0.15) is 0 Å². The van der Waals surface area contributed by atoms with Crippen molar-refractivity contribution in [3.8, 4) is 0 Å². The Bertz CT molecular complexity index is 819. The van der Waals surface area contributed by atoms with E-state index in [4.69, 9.17) is 21.1 Å². The Morgan fingerprint density at radius 3 is 2.57 bits per heavy atom. The number of halogens is 1. The zero-order valence-corrected chi connectivity index (χ0v) is 16.4. The molecular formula is C21H23ClN2O4. The molecule has 0 aliphatic carbocycles. The fourth-order valence-electron chi connectivity index (χ4n) is 2.86. The molecule has 7 heteroatoms. The van der Waals surface area contributed by atoms with Gasteiger partial charge in [0.15, 0.2) is 6.10 Å². The largest absolute Gasteiger partial charge is 0.449 e. The molecule has 1 heterocycles. The second kappa shape index (κ2) is 9.68. The van der Waals surface area contributed by atoms with Crippen molar-refractivity contribution in [3.63, 3.8) is 0 Å². The molecule has 6 nitrogen and oxygen atoms in total. The summed E-state index contributed by atoms with van der Waals surface area (Å²) >= 11 is 5.90. The summed E-state index contributed by atoms with van der Waals surface area (Å²) in [4.78, 5) is 26.8. The number of ether oxygens (including phenoxy) is 2. The molecular weight excluding hydrogens is 380 g/mol. The van der Waals surface area contributed by atoms with Crippen molar-refractivity contribution in [3.05, 3.63) is 64.7 Å². The minimum absolute atomic E-state index is 0.410. The third-order valence-corrected chi connectivity index (χ3v) is 4.68. The number of carbonyl (C=O) groups excluding carboxylic acids is 2. The van der Waals surface area contributed by atoms with Gasteiger partial charge in [0.2, 0.25) is 0 Å². The highest BCUT2D eigenvalue weighted by Crippen LogP contribution is 2.16. The van der Waals surface area contributed by atoms with Gasteiger partial charge in [-0.1, -0.05) is 29.8 Å². The molecule has 1 aliphatic heterocycles. The molecule has 1 amide bonds. The van der Waals surface area contributed by atoms with Crippen LogP contribution < -0.4 is 5.32 Å². The first-order valence-electron chi connectivity index (χ1n) is 9.18. The lowest BCUT2D eigenvalue weighted by atomic mass is 10.1. The molecule has 0 aromatic heterocycles. The SMILES string of the molecule is C[C@H](OC(=O)c1ccc(CN2CCOCC2)cc1)C(=O)Nc1cccc(Cl)c1. The third-order valence-electron chi connectivity index (χ3n) is 4.44. The van der Waals surface area contributed by atoms with E-state index >= 15 is 0 Å². The van der Waals surface area contributed by atoms with Gasteiger partial charge in [-0.25, -0.2) is 4.79 Å². The Morgan fingerprint density at radius 2 is 1.89 bits per heavy atom. The normalized spacial score (nSPS) is 15.6. The summed E-state index contributed by atoms with van der Waals surface area (Å²) in [5.41, 5.74) is 2.08. The van der Waals surface area contributed by atoms with Crippen molar-refractivity contribution in [1.82, 2.24) is 4.90 Å². The van der Waals surface area contributed by atoms with Gasteiger partial charge in [0.1, 0.15) is 0 Å². The molecule has 0 saturated carbocycles. The molecule has 2 aromatic rings. The van der Waals surface area contributed by atoms with E-state index in [9.17, 15) is 9.59 Å². The predicted molar refractivity (Wildman–Crippen MR) is 107 cm³/mol. The molecule has 0 bridgehead atoms. The van der Waals surface area contributed by atoms with E-state index in [2.05, 4.69) is 10.2 Å². The third kappa shape index (κ3) is 5.79. The van der Waals surface area contributed by atoms with E-state index < -0.39 is 18.0 Å². The molecule has 1 saturated heterocycles. The smallest absolute Gasteiger partial charge is 0.338 e. The van der Waals surface area contributed by atoms with Crippen LogP contribution in [0, 0.1) is 0 Å². The van der Waals surface area contributed by atoms with Gasteiger partial charge in [0, 0.05) is 30.3 Å². The Balaban J connectivity index is 1.52. The Kier molecular flexibility index (Phi) is 7.03. The summed E-state index contributed by atoms with van der Waals surface area (Å²) < 4.78 is 10.6. The van der Waals surface area contributed by atoms with E-state index in [1.807, 2.05) is 12.1 Å². The first-order valence-corrected chi connectivity index (χ1v) is 9.55. The zero-order valence-electron chi connectivity index (χ0n) is 15.7. The highest BCUT2D eigenvalue weighted by molar-refractivity contribution is 6.30. The first-order chi connectivity index (χ1) is 13.5. The molecule has 2 aromatic carbocycles. The zero-order chi connectivity index (χ0) is 19.9. The van der Waals surface area contributed by atoms with Crippen LogP contribution in [0.4, 0.5) is 5.69 Å². The van der Waals surface area contributed by atoms with Crippen LogP contribution in [0.15, 0.2) is 48.5 Å². The lowest BCUT2D eigenvalue weighted by Crippen LogP contribution is -2.35. The second-order valence-electron chi connectivity index (χ2n) is 6.63. The van der Waals surface area contributed by atoms with Gasteiger partial charge in [-0.15, -0.1) is 0 Å². The number of hydrogen-bond donors (Lipinski definition) is 1. The van der Waals surface area contributed by atoms with Gasteiger partial charge < -0.3 is 14.8 Å². The number of benzene rings is 2. The summed E-state index contributed by atoms with van der Waals surface area (Å²) in [6, 6.07) is 14.0. The van der Waals surface area contributed by atoms with Gasteiger partial charge in [-0.3, -0.25) is 9.69 Å². The van der Waals surface area contributed by atoms with Crippen molar-refractivity contribution in [1.29, 1.82) is 0 Å². The molecule has 1 aliphatic rings. The van der Waals surface area contributed by atoms with Crippen LogP contribution in [0.1, 0.15) is 22.8 Å². The lowest BCUT2D eigenvalue weighted by molar-refractivity contribution is -0.123. The molecule has 0 unspecified atom stereocenters. The van der Waals surface area contributed by atoms with Gasteiger partial charge in [-0.05, 0) is 42.8 Å². The molecule has 0 spiro atoms. The monoisotopic (exact) mass is 402 g/mol. The van der Waals surface area contributed by atoms with Crippen molar-refractivity contribution in [2.75, 3.05) is 31.6 Å². The fraction of sp³-hybridized carbons (Fsp3) is 0.333. The standard InChI is InChI=1S/C21H23ClN2O4/c1-15(20(25)23-19-4-2-3-18(22)13-19)28-21(26)17-7-5-16(6-8-17)14-24-9-11-27-12-10-24/h2-8,13,15H,9-12,14H2,1H3,(H,23,25)/t15-/m0/s1. The van der Waals surface area contributed by atoms with Gasteiger partial charge >= 0.3 is 5.97 Å². The predicted octanol–water partition coefficient (Wildman–Crippen LogP) is 3.36. The first kappa shape index (κ1) is 20.3. The van der Waals surface area contributed by atoms with Crippen molar-refractivity contribution in [2.45, 2.75) is 19.6 Å². The summed E-state index contributed by atoms with van der Waals surface area (Å²) in [7, 11) is 0. The molecule has 1 N–H and O–H groups in total. The summed E-state index contributed by atoms with van der Waals surface area (Å²) in [6.45, 7) is 5.66. The average molecular weight is 403 g/mol. The van der Waals surface area contributed by atoms with Crippen LogP contribution in [0.5, 0.6) is 0 Å². The molecule has 148 valence electrons. The minimum atomic E-state index is -0.931. The molecule has 1 fully saturated rings. The Labute approximate surface area is 169 Å². The van der Waals surface area contributed by atoms with Crippen LogP contribution in [0.3, 0.4) is 0 Å². The number of carbonyl (C=O) groups is 2. The maximum atomic E-state index is 12.3. The van der Waals surface area contributed by atoms with Crippen LogP contribution >= 0.6 is 11.6 Å². The molecule has 28 heavy (non-hydrogen) atoms. The number of rotatable bonds is 6. The molecule has 3 rings (SSSR count). The molecule has 0 radical (unpaired) electrons. The fourth-order valence-corrected chi connectivity index (χ4v) is 3.05. The lowest BCUT2D eigenvalue weighted by Gasteiger charge is -2.26. The van der Waals surface area contributed by atoms with Gasteiger partial charge in [0.05, 0.1) is 18.8 Å². The van der Waals surface area contributed by atoms with Crippen LogP contribution in [0.2, 0.25) is 5.02 Å². The number of anilines is 1. The number of hydrogen-bond acceptors (Lipinski definition) is 5. The Hall–Kier alpha value is -2.41. The van der Waals surface area contributed by atoms with E-state index in [0.29, 0.717) is 16.3 Å².